The Bertz CT molecular complexity index is 651. The van der Waals surface area contributed by atoms with Gasteiger partial charge in [-0.3, -0.25) is 4.79 Å². The Kier molecular flexibility index (Phi) is 4.60. The third kappa shape index (κ3) is 3.35. The fraction of sp³-hybridized carbons (Fsp3) is 0.905. The van der Waals surface area contributed by atoms with Crippen LogP contribution < -0.4 is 0 Å². The molecule has 0 radical (unpaired) electrons. The number of carbonyl (C=O) groups excluding carboxylic acids is 2. The van der Waals surface area contributed by atoms with Crippen LogP contribution >= 0.6 is 0 Å². The first-order valence-electron chi connectivity index (χ1n) is 10.3. The topological polar surface area (TPSA) is 80.3 Å². The smallest absolute Gasteiger partial charge is 0.350 e. The lowest BCUT2D eigenvalue weighted by Gasteiger charge is -2.41. The number of ether oxygens (including phenoxy) is 5. The maximum Gasteiger partial charge on any atom is 0.350 e. The van der Waals surface area contributed by atoms with Crippen molar-refractivity contribution in [3.63, 3.8) is 0 Å². The summed E-state index contributed by atoms with van der Waals surface area (Å²) in [5.74, 6) is -1.07. The summed E-state index contributed by atoms with van der Waals surface area (Å²) >= 11 is 0. The van der Waals surface area contributed by atoms with Gasteiger partial charge in [0.2, 0.25) is 6.10 Å². The Labute approximate surface area is 166 Å². The second-order valence-electron chi connectivity index (χ2n) is 10.7. The van der Waals surface area contributed by atoms with Crippen molar-refractivity contribution < 1.29 is 33.3 Å². The van der Waals surface area contributed by atoms with Gasteiger partial charge in [-0.15, -0.1) is 0 Å². The SMILES string of the molecule is CC(C)(C)C(=O)O[C@@H]1C(=O)O[C@@H]2[C@H]3OC4(CCC(C(C)(C)C)CC4)O[C@H]3O[C@@H]21. The van der Waals surface area contributed by atoms with Crippen molar-refractivity contribution in [3.05, 3.63) is 0 Å². The normalized spacial score (nSPS) is 43.0. The van der Waals surface area contributed by atoms with Gasteiger partial charge in [0.25, 0.3) is 0 Å². The molecule has 4 fully saturated rings. The third-order valence-corrected chi connectivity index (χ3v) is 6.49. The Balaban J connectivity index is 1.41. The van der Waals surface area contributed by atoms with Crippen molar-refractivity contribution >= 4 is 11.9 Å². The van der Waals surface area contributed by atoms with Gasteiger partial charge >= 0.3 is 11.9 Å². The van der Waals surface area contributed by atoms with Gasteiger partial charge in [-0.05, 0) is 44.9 Å². The first kappa shape index (κ1) is 20.1. The molecule has 158 valence electrons. The van der Waals surface area contributed by atoms with Crippen LogP contribution in [-0.2, 0) is 33.3 Å². The van der Waals surface area contributed by atoms with Gasteiger partial charge in [0.15, 0.2) is 24.3 Å². The molecule has 4 rings (SSSR count). The molecule has 5 atom stereocenters. The number of rotatable bonds is 1. The van der Waals surface area contributed by atoms with E-state index in [9.17, 15) is 9.59 Å². The first-order chi connectivity index (χ1) is 12.9. The molecular weight excluding hydrogens is 364 g/mol. The summed E-state index contributed by atoms with van der Waals surface area (Å²) in [4.78, 5) is 24.5. The average molecular weight is 396 g/mol. The Hall–Kier alpha value is -1.18. The van der Waals surface area contributed by atoms with Crippen molar-refractivity contribution in [2.75, 3.05) is 0 Å². The molecular formula is C21H32O7. The molecule has 0 aromatic heterocycles. The summed E-state index contributed by atoms with van der Waals surface area (Å²) in [6, 6.07) is 0. The van der Waals surface area contributed by atoms with Crippen LogP contribution in [0.3, 0.4) is 0 Å². The van der Waals surface area contributed by atoms with Gasteiger partial charge in [0.05, 0.1) is 5.41 Å². The Morgan fingerprint density at radius 3 is 2.21 bits per heavy atom. The summed E-state index contributed by atoms with van der Waals surface area (Å²) in [5, 5.41) is 0. The number of hydrogen-bond acceptors (Lipinski definition) is 7. The second kappa shape index (κ2) is 6.41. The maximum atomic E-state index is 12.3. The predicted molar refractivity (Wildman–Crippen MR) is 98.0 cm³/mol. The molecule has 1 aliphatic carbocycles. The monoisotopic (exact) mass is 396 g/mol. The van der Waals surface area contributed by atoms with Crippen LogP contribution in [0.1, 0.15) is 67.2 Å². The van der Waals surface area contributed by atoms with Gasteiger partial charge in [0, 0.05) is 12.8 Å². The van der Waals surface area contributed by atoms with Crippen LogP contribution in [0.5, 0.6) is 0 Å². The van der Waals surface area contributed by atoms with E-state index in [-0.39, 0.29) is 5.41 Å². The summed E-state index contributed by atoms with van der Waals surface area (Å²) < 4.78 is 29.3. The van der Waals surface area contributed by atoms with E-state index >= 15 is 0 Å². The van der Waals surface area contributed by atoms with E-state index < -0.39 is 53.8 Å². The fourth-order valence-corrected chi connectivity index (χ4v) is 4.64. The van der Waals surface area contributed by atoms with E-state index in [1.165, 1.54) is 0 Å². The third-order valence-electron chi connectivity index (χ3n) is 6.49. The highest BCUT2D eigenvalue weighted by Crippen LogP contribution is 2.51. The molecule has 1 spiro atoms. The molecule has 0 unspecified atom stereocenters. The quantitative estimate of drug-likeness (QED) is 0.631. The van der Waals surface area contributed by atoms with Crippen molar-refractivity contribution in [1.82, 2.24) is 0 Å². The van der Waals surface area contributed by atoms with E-state index in [1.807, 2.05) is 0 Å². The molecule has 3 heterocycles. The minimum atomic E-state index is -1.07. The lowest BCUT2D eigenvalue weighted by molar-refractivity contribution is -0.251. The molecule has 0 aromatic carbocycles. The number of hydrogen-bond donors (Lipinski definition) is 0. The molecule has 3 aliphatic heterocycles. The van der Waals surface area contributed by atoms with Crippen molar-refractivity contribution in [3.8, 4) is 0 Å². The van der Waals surface area contributed by atoms with Crippen LogP contribution in [-0.4, -0.2) is 48.4 Å². The zero-order valence-corrected chi connectivity index (χ0v) is 17.7. The molecule has 0 N–H and O–H groups in total. The number of carbonyl (C=O) groups is 2. The van der Waals surface area contributed by atoms with Crippen LogP contribution in [0.4, 0.5) is 0 Å². The van der Waals surface area contributed by atoms with E-state index in [0.29, 0.717) is 5.92 Å². The zero-order valence-electron chi connectivity index (χ0n) is 17.7. The van der Waals surface area contributed by atoms with Crippen molar-refractivity contribution in [2.45, 2.75) is 104 Å². The highest BCUT2D eigenvalue weighted by atomic mass is 16.9. The molecule has 3 saturated heterocycles. The van der Waals surface area contributed by atoms with Gasteiger partial charge in [-0.2, -0.15) is 0 Å². The predicted octanol–water partition coefficient (Wildman–Crippen LogP) is 2.94. The minimum absolute atomic E-state index is 0.267. The van der Waals surface area contributed by atoms with Gasteiger partial charge in [0.1, 0.15) is 6.10 Å². The van der Waals surface area contributed by atoms with E-state index in [0.717, 1.165) is 25.7 Å². The van der Waals surface area contributed by atoms with Crippen molar-refractivity contribution in [1.29, 1.82) is 0 Å². The summed E-state index contributed by atoms with van der Waals surface area (Å²) in [5.41, 5.74) is -0.446. The van der Waals surface area contributed by atoms with Gasteiger partial charge < -0.3 is 23.7 Å². The number of esters is 2. The summed E-state index contributed by atoms with van der Waals surface area (Å²) in [6.07, 6.45) is 0.251. The maximum absolute atomic E-state index is 12.3. The average Bonchev–Trinajstić information content (AvgIpc) is 3.16. The Morgan fingerprint density at radius 2 is 1.64 bits per heavy atom. The van der Waals surface area contributed by atoms with Crippen LogP contribution in [0.2, 0.25) is 0 Å². The molecule has 0 aromatic rings. The standard InChI is InChI=1S/C21H32O7/c1-19(2,3)11-7-9-21(10-8-11)27-15-13-12(25-17(15)28-21)14(16(22)24-13)26-18(23)20(4,5)6/h11-15,17H,7-10H2,1-6H3/t11?,12-,13-,14-,15+,17+,21?/m0/s1. The van der Waals surface area contributed by atoms with Crippen LogP contribution in [0.25, 0.3) is 0 Å². The number of fused-ring (bicyclic) bond motifs is 3. The zero-order chi connectivity index (χ0) is 20.5. The van der Waals surface area contributed by atoms with E-state index in [2.05, 4.69) is 20.8 Å². The lowest BCUT2D eigenvalue weighted by Crippen LogP contribution is -2.43. The molecule has 7 heteroatoms. The summed E-state index contributed by atoms with van der Waals surface area (Å²) in [6.45, 7) is 12.0. The van der Waals surface area contributed by atoms with E-state index in [1.54, 1.807) is 20.8 Å². The highest BCUT2D eigenvalue weighted by molar-refractivity contribution is 5.84. The molecule has 28 heavy (non-hydrogen) atoms. The summed E-state index contributed by atoms with van der Waals surface area (Å²) in [7, 11) is 0. The minimum Gasteiger partial charge on any atom is -0.454 e. The van der Waals surface area contributed by atoms with Crippen molar-refractivity contribution in [2.24, 2.45) is 16.7 Å². The Morgan fingerprint density at radius 1 is 1.00 bits per heavy atom. The van der Waals surface area contributed by atoms with Gasteiger partial charge in [-0.25, -0.2) is 4.79 Å². The van der Waals surface area contributed by atoms with E-state index in [4.69, 9.17) is 23.7 Å². The molecule has 0 bridgehead atoms. The molecule has 0 amide bonds. The van der Waals surface area contributed by atoms with Crippen LogP contribution in [0, 0.1) is 16.7 Å². The largest absolute Gasteiger partial charge is 0.454 e. The molecule has 1 saturated carbocycles. The first-order valence-corrected chi connectivity index (χ1v) is 10.3. The second-order valence-corrected chi connectivity index (χ2v) is 10.7. The van der Waals surface area contributed by atoms with Gasteiger partial charge in [-0.1, -0.05) is 20.8 Å². The van der Waals surface area contributed by atoms with Crippen LogP contribution in [0.15, 0.2) is 0 Å². The molecule has 4 aliphatic rings. The fourth-order valence-electron chi connectivity index (χ4n) is 4.64. The lowest BCUT2D eigenvalue weighted by atomic mass is 9.71. The molecule has 7 nitrogen and oxygen atoms in total. The highest BCUT2D eigenvalue weighted by Gasteiger charge is 2.66.